The normalized spacial score (nSPS) is 11.6. The molecular formula is C20H20FN5O5S2. The second-order valence-corrected chi connectivity index (χ2v) is 10.5. The van der Waals surface area contributed by atoms with Gasteiger partial charge in [-0.1, -0.05) is 6.07 Å². The molecule has 0 aliphatic rings. The maximum absolute atomic E-state index is 13.5. The Labute approximate surface area is 190 Å². The van der Waals surface area contributed by atoms with Crippen LogP contribution in [0, 0.1) is 12.7 Å². The number of aryl methyl sites for hydroxylation is 1. The SMILES string of the molecule is Cc1ccnc(NS(=O)(=O)c2ccc(NC(=O)CN(c3cccc(F)c3)S(C)(=O)=O)cc2)n1. The number of hydrogen-bond acceptors (Lipinski definition) is 7. The van der Waals surface area contributed by atoms with E-state index in [0.29, 0.717) is 5.69 Å². The van der Waals surface area contributed by atoms with Gasteiger partial charge in [-0.3, -0.25) is 9.10 Å². The van der Waals surface area contributed by atoms with Crippen LogP contribution in [-0.2, 0) is 24.8 Å². The molecule has 0 atom stereocenters. The van der Waals surface area contributed by atoms with E-state index in [0.717, 1.165) is 22.7 Å². The zero-order valence-corrected chi connectivity index (χ0v) is 19.2. The molecule has 2 N–H and O–H groups in total. The number of carbonyl (C=O) groups is 1. The summed E-state index contributed by atoms with van der Waals surface area (Å²) in [5.74, 6) is -1.43. The fourth-order valence-corrected chi connectivity index (χ4v) is 4.56. The summed E-state index contributed by atoms with van der Waals surface area (Å²) in [4.78, 5) is 20.2. The minimum absolute atomic E-state index is 0.00136. The lowest BCUT2D eigenvalue weighted by molar-refractivity contribution is -0.114. The number of anilines is 3. The molecule has 3 aromatic rings. The molecule has 1 aromatic heterocycles. The van der Waals surface area contributed by atoms with Crippen molar-refractivity contribution in [3.63, 3.8) is 0 Å². The molecule has 0 saturated heterocycles. The molecule has 0 aliphatic heterocycles. The number of amides is 1. The first-order valence-corrected chi connectivity index (χ1v) is 12.7. The number of benzene rings is 2. The Kier molecular flexibility index (Phi) is 6.93. The van der Waals surface area contributed by atoms with E-state index in [1.807, 2.05) is 0 Å². The zero-order chi connectivity index (χ0) is 24.2. The van der Waals surface area contributed by atoms with Gasteiger partial charge in [-0.15, -0.1) is 0 Å². The summed E-state index contributed by atoms with van der Waals surface area (Å²) in [7, 11) is -7.84. The Morgan fingerprint density at radius 1 is 1.06 bits per heavy atom. The van der Waals surface area contributed by atoms with Crippen LogP contribution in [0.5, 0.6) is 0 Å². The van der Waals surface area contributed by atoms with Crippen LogP contribution in [0.25, 0.3) is 0 Å². The zero-order valence-electron chi connectivity index (χ0n) is 17.6. The van der Waals surface area contributed by atoms with Gasteiger partial charge in [0.15, 0.2) is 0 Å². The number of halogens is 1. The molecule has 3 rings (SSSR count). The Hall–Kier alpha value is -3.58. The van der Waals surface area contributed by atoms with Crippen molar-refractivity contribution in [2.75, 3.05) is 27.1 Å². The molecule has 174 valence electrons. The molecule has 0 radical (unpaired) electrons. The molecule has 10 nitrogen and oxygen atoms in total. The molecule has 0 bridgehead atoms. The van der Waals surface area contributed by atoms with Crippen molar-refractivity contribution in [3.8, 4) is 0 Å². The van der Waals surface area contributed by atoms with Crippen molar-refractivity contribution in [3.05, 3.63) is 72.3 Å². The first-order valence-electron chi connectivity index (χ1n) is 9.40. The smallest absolute Gasteiger partial charge is 0.264 e. The van der Waals surface area contributed by atoms with Crippen molar-refractivity contribution in [1.82, 2.24) is 9.97 Å². The summed E-state index contributed by atoms with van der Waals surface area (Å²) in [6, 6.07) is 11.7. The Bertz CT molecular complexity index is 1380. The summed E-state index contributed by atoms with van der Waals surface area (Å²) >= 11 is 0. The van der Waals surface area contributed by atoms with Crippen LogP contribution >= 0.6 is 0 Å². The average molecular weight is 494 g/mol. The van der Waals surface area contributed by atoms with E-state index in [-0.39, 0.29) is 22.2 Å². The molecular weight excluding hydrogens is 473 g/mol. The predicted molar refractivity (Wildman–Crippen MR) is 121 cm³/mol. The van der Waals surface area contributed by atoms with E-state index < -0.39 is 38.3 Å². The van der Waals surface area contributed by atoms with Gasteiger partial charge in [-0.05, 0) is 55.5 Å². The van der Waals surface area contributed by atoms with Crippen molar-refractivity contribution in [1.29, 1.82) is 0 Å². The molecule has 0 fully saturated rings. The number of carbonyl (C=O) groups excluding carboxylic acids is 1. The van der Waals surface area contributed by atoms with E-state index in [4.69, 9.17) is 0 Å². The largest absolute Gasteiger partial charge is 0.325 e. The van der Waals surface area contributed by atoms with E-state index in [2.05, 4.69) is 20.0 Å². The molecule has 2 aromatic carbocycles. The third kappa shape index (κ3) is 6.46. The van der Waals surface area contributed by atoms with Gasteiger partial charge in [0.05, 0.1) is 16.8 Å². The summed E-state index contributed by atoms with van der Waals surface area (Å²) < 4.78 is 65.7. The summed E-state index contributed by atoms with van der Waals surface area (Å²) in [6.45, 7) is 1.09. The van der Waals surface area contributed by atoms with E-state index in [1.165, 1.54) is 42.6 Å². The molecule has 0 spiro atoms. The first kappa shape index (κ1) is 24.1. The number of aromatic nitrogens is 2. The second-order valence-electron chi connectivity index (χ2n) is 6.95. The van der Waals surface area contributed by atoms with Gasteiger partial charge in [0, 0.05) is 17.6 Å². The quantitative estimate of drug-likeness (QED) is 0.490. The highest BCUT2D eigenvalue weighted by Gasteiger charge is 2.22. The number of nitrogens with zero attached hydrogens (tertiary/aromatic N) is 3. The highest BCUT2D eigenvalue weighted by molar-refractivity contribution is 7.92. The minimum Gasteiger partial charge on any atom is -0.325 e. The van der Waals surface area contributed by atoms with Crippen LogP contribution in [0.3, 0.4) is 0 Å². The summed E-state index contributed by atoms with van der Waals surface area (Å²) in [5, 5.41) is 2.49. The van der Waals surface area contributed by atoms with Crippen LogP contribution in [0.15, 0.2) is 65.7 Å². The van der Waals surface area contributed by atoms with Gasteiger partial charge < -0.3 is 5.32 Å². The summed E-state index contributed by atoms with van der Waals surface area (Å²) in [6.07, 6.45) is 2.32. The van der Waals surface area contributed by atoms with Crippen LogP contribution in [-0.4, -0.2) is 45.5 Å². The Balaban J connectivity index is 1.71. The minimum atomic E-state index is -3.96. The van der Waals surface area contributed by atoms with Crippen molar-refractivity contribution in [2.45, 2.75) is 11.8 Å². The van der Waals surface area contributed by atoms with Crippen molar-refractivity contribution < 1.29 is 26.0 Å². The molecule has 0 aliphatic carbocycles. The monoisotopic (exact) mass is 493 g/mol. The average Bonchev–Trinajstić information content (AvgIpc) is 2.71. The maximum atomic E-state index is 13.5. The van der Waals surface area contributed by atoms with Gasteiger partial charge in [0.1, 0.15) is 12.4 Å². The maximum Gasteiger partial charge on any atom is 0.264 e. The highest BCUT2D eigenvalue weighted by Crippen LogP contribution is 2.20. The first-order chi connectivity index (χ1) is 15.4. The molecule has 13 heteroatoms. The van der Waals surface area contributed by atoms with Gasteiger partial charge in [0.2, 0.25) is 21.9 Å². The lowest BCUT2D eigenvalue weighted by atomic mass is 10.3. The standard InChI is InChI=1S/C20H20FN5O5S2/c1-14-10-11-22-20(23-14)25-33(30,31)18-8-6-16(7-9-18)24-19(27)13-26(32(2,28)29)17-5-3-4-15(21)12-17/h3-12H,13H2,1-2H3,(H,24,27)(H,22,23,25). The molecule has 1 heterocycles. The molecule has 0 unspecified atom stereocenters. The van der Waals surface area contributed by atoms with Crippen molar-refractivity contribution in [2.24, 2.45) is 0 Å². The van der Waals surface area contributed by atoms with Crippen LogP contribution in [0.1, 0.15) is 5.69 Å². The number of nitrogens with one attached hydrogen (secondary N) is 2. The Morgan fingerprint density at radius 3 is 2.36 bits per heavy atom. The number of hydrogen-bond donors (Lipinski definition) is 2. The van der Waals surface area contributed by atoms with Gasteiger partial charge >= 0.3 is 0 Å². The van der Waals surface area contributed by atoms with E-state index in [9.17, 15) is 26.0 Å². The highest BCUT2D eigenvalue weighted by atomic mass is 32.2. The third-order valence-corrected chi connectivity index (χ3v) is 6.74. The Morgan fingerprint density at radius 2 is 1.76 bits per heavy atom. The number of sulfonamides is 2. The van der Waals surface area contributed by atoms with Crippen LogP contribution < -0.4 is 14.3 Å². The topological polar surface area (TPSA) is 138 Å². The predicted octanol–water partition coefficient (Wildman–Crippen LogP) is 2.13. The third-order valence-electron chi connectivity index (χ3n) is 4.25. The fraction of sp³-hybridized carbons (Fsp3) is 0.150. The molecule has 33 heavy (non-hydrogen) atoms. The van der Waals surface area contributed by atoms with E-state index in [1.54, 1.807) is 13.0 Å². The second kappa shape index (κ2) is 9.50. The lowest BCUT2D eigenvalue weighted by Crippen LogP contribution is -2.37. The summed E-state index contributed by atoms with van der Waals surface area (Å²) in [5.41, 5.74) is 0.819. The number of rotatable bonds is 8. The van der Waals surface area contributed by atoms with Crippen molar-refractivity contribution >= 4 is 43.3 Å². The van der Waals surface area contributed by atoms with E-state index >= 15 is 0 Å². The molecule has 0 saturated carbocycles. The van der Waals surface area contributed by atoms with Crippen LogP contribution in [0.2, 0.25) is 0 Å². The fourth-order valence-electron chi connectivity index (χ4n) is 2.76. The van der Waals surface area contributed by atoms with Gasteiger partial charge in [-0.2, -0.15) is 0 Å². The molecule has 1 amide bonds. The van der Waals surface area contributed by atoms with Gasteiger partial charge in [0.25, 0.3) is 10.0 Å². The van der Waals surface area contributed by atoms with Gasteiger partial charge in [-0.25, -0.2) is 35.9 Å². The lowest BCUT2D eigenvalue weighted by Gasteiger charge is -2.22. The van der Waals surface area contributed by atoms with Crippen LogP contribution in [0.4, 0.5) is 21.7 Å².